The van der Waals surface area contributed by atoms with Crippen LogP contribution in [0.2, 0.25) is 0 Å². The van der Waals surface area contributed by atoms with Crippen molar-refractivity contribution >= 4 is 5.97 Å². The Morgan fingerprint density at radius 1 is 1.45 bits per heavy atom. The molecule has 2 rings (SSSR count). The molecule has 0 aromatic heterocycles. The standard InChI is InChI=1S/C16H23NO3/c1-11-4-5-12(2)14(10-11)20-9-8-16(3,15(18)19)17-13-6-7-13/h4-5,10,13,17H,6-9H2,1-3H3,(H,18,19). The first kappa shape index (κ1) is 14.9. The average molecular weight is 277 g/mol. The lowest BCUT2D eigenvalue weighted by Crippen LogP contribution is -2.51. The van der Waals surface area contributed by atoms with E-state index in [2.05, 4.69) is 5.32 Å². The lowest BCUT2D eigenvalue weighted by atomic mass is 9.98. The van der Waals surface area contributed by atoms with Crippen molar-refractivity contribution in [1.29, 1.82) is 0 Å². The van der Waals surface area contributed by atoms with Crippen molar-refractivity contribution in [3.05, 3.63) is 29.3 Å². The van der Waals surface area contributed by atoms with Crippen LogP contribution in [0.3, 0.4) is 0 Å². The topological polar surface area (TPSA) is 58.6 Å². The van der Waals surface area contributed by atoms with Crippen LogP contribution in [0.4, 0.5) is 0 Å². The maximum atomic E-state index is 11.4. The molecule has 1 atom stereocenters. The molecule has 1 aromatic carbocycles. The Bertz CT molecular complexity index is 496. The first-order valence-corrected chi connectivity index (χ1v) is 7.12. The zero-order valence-corrected chi connectivity index (χ0v) is 12.4. The number of carbonyl (C=O) groups is 1. The molecule has 1 saturated carbocycles. The number of benzene rings is 1. The molecule has 4 heteroatoms. The van der Waals surface area contributed by atoms with E-state index < -0.39 is 11.5 Å². The summed E-state index contributed by atoms with van der Waals surface area (Å²) in [4.78, 5) is 11.4. The van der Waals surface area contributed by atoms with E-state index in [1.54, 1.807) is 6.92 Å². The summed E-state index contributed by atoms with van der Waals surface area (Å²) in [6.45, 7) is 6.14. The van der Waals surface area contributed by atoms with E-state index in [0.29, 0.717) is 19.1 Å². The fourth-order valence-electron chi connectivity index (χ4n) is 2.15. The Labute approximate surface area is 120 Å². The molecule has 20 heavy (non-hydrogen) atoms. The molecule has 0 bridgehead atoms. The van der Waals surface area contributed by atoms with Gasteiger partial charge in [0.05, 0.1) is 6.61 Å². The number of carboxylic acids is 1. The highest BCUT2D eigenvalue weighted by molar-refractivity contribution is 5.78. The number of rotatable bonds is 7. The quantitative estimate of drug-likeness (QED) is 0.804. The van der Waals surface area contributed by atoms with Crippen molar-refractivity contribution in [2.75, 3.05) is 6.61 Å². The highest BCUT2D eigenvalue weighted by atomic mass is 16.5. The highest BCUT2D eigenvalue weighted by Gasteiger charge is 2.38. The van der Waals surface area contributed by atoms with Crippen LogP contribution in [-0.4, -0.2) is 29.3 Å². The van der Waals surface area contributed by atoms with Gasteiger partial charge in [0.1, 0.15) is 11.3 Å². The van der Waals surface area contributed by atoms with Gasteiger partial charge in [-0.05, 0) is 50.8 Å². The number of hydrogen-bond acceptors (Lipinski definition) is 3. The van der Waals surface area contributed by atoms with Crippen LogP contribution in [0.5, 0.6) is 5.75 Å². The summed E-state index contributed by atoms with van der Waals surface area (Å²) in [5.74, 6) is 0.0260. The van der Waals surface area contributed by atoms with Crippen LogP contribution in [0.15, 0.2) is 18.2 Å². The minimum atomic E-state index is -0.904. The number of nitrogens with one attached hydrogen (secondary N) is 1. The van der Waals surface area contributed by atoms with Crippen molar-refractivity contribution in [2.45, 2.75) is 51.6 Å². The largest absolute Gasteiger partial charge is 0.493 e. The van der Waals surface area contributed by atoms with E-state index in [9.17, 15) is 9.90 Å². The lowest BCUT2D eigenvalue weighted by Gasteiger charge is -2.26. The van der Waals surface area contributed by atoms with Gasteiger partial charge in [0.15, 0.2) is 0 Å². The Kier molecular flexibility index (Phi) is 4.33. The summed E-state index contributed by atoms with van der Waals surface area (Å²) < 4.78 is 5.76. The Morgan fingerprint density at radius 3 is 2.75 bits per heavy atom. The van der Waals surface area contributed by atoms with E-state index in [-0.39, 0.29) is 0 Å². The van der Waals surface area contributed by atoms with E-state index in [4.69, 9.17) is 4.74 Å². The van der Waals surface area contributed by atoms with Gasteiger partial charge in [-0.15, -0.1) is 0 Å². The molecule has 1 aliphatic rings. The lowest BCUT2D eigenvalue weighted by molar-refractivity contribution is -0.144. The second-order valence-corrected chi connectivity index (χ2v) is 5.92. The van der Waals surface area contributed by atoms with E-state index >= 15 is 0 Å². The third-order valence-electron chi connectivity index (χ3n) is 3.78. The van der Waals surface area contributed by atoms with Crippen molar-refractivity contribution in [2.24, 2.45) is 0 Å². The number of hydrogen-bond donors (Lipinski definition) is 2. The molecule has 1 aromatic rings. The molecule has 110 valence electrons. The molecule has 0 radical (unpaired) electrons. The molecular formula is C16H23NO3. The number of aryl methyl sites for hydroxylation is 2. The number of ether oxygens (including phenoxy) is 1. The summed E-state index contributed by atoms with van der Waals surface area (Å²) in [6.07, 6.45) is 2.59. The van der Waals surface area contributed by atoms with Gasteiger partial charge >= 0.3 is 5.97 Å². The van der Waals surface area contributed by atoms with E-state index in [0.717, 1.165) is 29.7 Å². The first-order valence-electron chi connectivity index (χ1n) is 7.12. The van der Waals surface area contributed by atoms with Gasteiger partial charge in [0.25, 0.3) is 0 Å². The monoisotopic (exact) mass is 277 g/mol. The van der Waals surface area contributed by atoms with Gasteiger partial charge < -0.3 is 9.84 Å². The van der Waals surface area contributed by atoms with Crippen molar-refractivity contribution in [3.8, 4) is 5.75 Å². The maximum absolute atomic E-state index is 11.4. The van der Waals surface area contributed by atoms with Gasteiger partial charge in [0, 0.05) is 12.5 Å². The molecule has 1 aliphatic carbocycles. The molecule has 4 nitrogen and oxygen atoms in total. The van der Waals surface area contributed by atoms with Gasteiger partial charge in [0.2, 0.25) is 0 Å². The summed E-state index contributed by atoms with van der Waals surface area (Å²) in [5, 5.41) is 12.6. The molecule has 0 aliphatic heterocycles. The third-order valence-corrected chi connectivity index (χ3v) is 3.78. The second-order valence-electron chi connectivity index (χ2n) is 5.92. The first-order chi connectivity index (χ1) is 9.40. The maximum Gasteiger partial charge on any atom is 0.323 e. The van der Waals surface area contributed by atoms with Crippen LogP contribution in [0.1, 0.15) is 37.3 Å². The molecule has 2 N–H and O–H groups in total. The second kappa shape index (κ2) is 5.83. The SMILES string of the molecule is Cc1ccc(C)c(OCCC(C)(NC2CC2)C(=O)O)c1. The highest BCUT2D eigenvalue weighted by Crippen LogP contribution is 2.25. The van der Waals surface area contributed by atoms with Crippen LogP contribution in [0.25, 0.3) is 0 Å². The van der Waals surface area contributed by atoms with E-state index in [1.165, 1.54) is 0 Å². The molecule has 0 spiro atoms. The van der Waals surface area contributed by atoms with Crippen molar-refractivity contribution < 1.29 is 14.6 Å². The average Bonchev–Trinajstić information content (AvgIpc) is 3.17. The Morgan fingerprint density at radius 2 is 2.15 bits per heavy atom. The summed E-state index contributed by atoms with van der Waals surface area (Å²) in [6, 6.07) is 6.40. The molecule has 0 heterocycles. The van der Waals surface area contributed by atoms with E-state index in [1.807, 2.05) is 32.0 Å². The Balaban J connectivity index is 1.92. The smallest absolute Gasteiger partial charge is 0.323 e. The van der Waals surface area contributed by atoms with Crippen LogP contribution >= 0.6 is 0 Å². The third kappa shape index (κ3) is 3.73. The van der Waals surface area contributed by atoms with Crippen LogP contribution in [-0.2, 0) is 4.79 Å². The molecule has 0 amide bonds. The molecule has 0 saturated heterocycles. The number of aliphatic carboxylic acids is 1. The summed E-state index contributed by atoms with van der Waals surface area (Å²) in [7, 11) is 0. The predicted octanol–water partition coefficient (Wildman–Crippen LogP) is 2.67. The zero-order chi connectivity index (χ0) is 14.8. The molecule has 1 fully saturated rings. The molecular weight excluding hydrogens is 254 g/mol. The predicted molar refractivity (Wildman–Crippen MR) is 78.2 cm³/mol. The fraction of sp³-hybridized carbons (Fsp3) is 0.562. The summed E-state index contributed by atoms with van der Waals surface area (Å²) >= 11 is 0. The minimum absolute atomic E-state index is 0.358. The van der Waals surface area contributed by atoms with Gasteiger partial charge in [-0.2, -0.15) is 0 Å². The normalized spacial score (nSPS) is 17.6. The fourth-order valence-corrected chi connectivity index (χ4v) is 2.15. The van der Waals surface area contributed by atoms with Gasteiger partial charge in [-0.3, -0.25) is 10.1 Å². The minimum Gasteiger partial charge on any atom is -0.493 e. The zero-order valence-electron chi connectivity index (χ0n) is 12.4. The Hall–Kier alpha value is -1.55. The van der Waals surface area contributed by atoms with Crippen LogP contribution in [0, 0.1) is 13.8 Å². The van der Waals surface area contributed by atoms with Gasteiger partial charge in [-0.25, -0.2) is 0 Å². The van der Waals surface area contributed by atoms with Crippen molar-refractivity contribution in [3.63, 3.8) is 0 Å². The van der Waals surface area contributed by atoms with Crippen LogP contribution < -0.4 is 10.1 Å². The number of carboxylic acid groups (broad SMARTS) is 1. The summed E-state index contributed by atoms with van der Waals surface area (Å²) in [5.41, 5.74) is 1.31. The van der Waals surface area contributed by atoms with Gasteiger partial charge in [-0.1, -0.05) is 12.1 Å². The molecule has 1 unspecified atom stereocenters. The van der Waals surface area contributed by atoms with Crippen molar-refractivity contribution in [1.82, 2.24) is 5.32 Å².